The molecule has 0 aromatic heterocycles. The maximum atomic E-state index is 11.1. The van der Waals surface area contributed by atoms with Gasteiger partial charge in [-0.1, -0.05) is 25.0 Å². The van der Waals surface area contributed by atoms with Crippen molar-refractivity contribution in [3.05, 3.63) is 11.6 Å². The van der Waals surface area contributed by atoms with Gasteiger partial charge in [0.05, 0.1) is 5.66 Å². The van der Waals surface area contributed by atoms with Gasteiger partial charge in [-0.15, -0.1) is 0 Å². The molecule has 13 heavy (non-hydrogen) atoms. The third-order valence-corrected chi connectivity index (χ3v) is 3.77. The fraction of sp³-hybridized carbons (Fsp3) is 0.778. The first-order chi connectivity index (χ1) is 6.15. The van der Waals surface area contributed by atoms with Crippen LogP contribution in [-0.2, 0) is 4.57 Å². The van der Waals surface area contributed by atoms with E-state index in [1.807, 2.05) is 13.0 Å². The highest BCUT2D eigenvalue weighted by Crippen LogP contribution is 2.37. The molecule has 0 radical (unpaired) electrons. The Kier molecular flexibility index (Phi) is 4.17. The van der Waals surface area contributed by atoms with E-state index in [4.69, 9.17) is 10.6 Å². The quantitative estimate of drug-likeness (QED) is 0.539. The molecule has 1 rings (SSSR count). The number of nitrogens with two attached hydrogens (primary N) is 1. The van der Waals surface area contributed by atoms with Crippen LogP contribution in [0.2, 0.25) is 0 Å². The van der Waals surface area contributed by atoms with Crippen molar-refractivity contribution in [1.29, 1.82) is 0 Å². The summed E-state index contributed by atoms with van der Waals surface area (Å²) in [5, 5.41) is 0. The molecule has 1 aliphatic carbocycles. The van der Waals surface area contributed by atoms with Gasteiger partial charge in [0, 0.05) is 6.04 Å². The molecule has 1 aliphatic rings. The summed E-state index contributed by atoms with van der Waals surface area (Å²) in [5.41, 5.74) is 6.71. The Labute approximate surface area is 79.9 Å². The van der Waals surface area contributed by atoms with Crippen molar-refractivity contribution in [3.8, 4) is 0 Å². The van der Waals surface area contributed by atoms with Crippen LogP contribution in [0.25, 0.3) is 0 Å². The molecule has 0 spiro atoms. The van der Waals surface area contributed by atoms with Gasteiger partial charge < -0.3 is 10.6 Å². The van der Waals surface area contributed by atoms with Crippen LogP contribution < -0.4 is 5.73 Å². The van der Waals surface area contributed by atoms with Gasteiger partial charge in [-0.25, -0.2) is 0 Å². The molecule has 4 heteroatoms. The minimum atomic E-state index is -2.42. The Balaban J connectivity index is 2.65. The Bertz CT molecular complexity index is 228. The molecule has 3 unspecified atom stereocenters. The minimum absolute atomic E-state index is 0.107. The van der Waals surface area contributed by atoms with Crippen LogP contribution in [-0.4, -0.2) is 16.6 Å². The molecule has 0 amide bonds. The third-order valence-electron chi connectivity index (χ3n) is 2.52. The standard InChI is InChI=1S/C9H18NO2P/c1-2-3-9(13(11)12)7-4-5-8(10)6-7/h6,8-9,13H,2-5,10H2,1H3,(H,11,12). The zero-order valence-corrected chi connectivity index (χ0v) is 8.99. The van der Waals surface area contributed by atoms with Gasteiger partial charge in [-0.3, -0.25) is 4.57 Å². The molecule has 0 heterocycles. The van der Waals surface area contributed by atoms with Crippen molar-refractivity contribution in [2.75, 3.05) is 0 Å². The van der Waals surface area contributed by atoms with Gasteiger partial charge in [-0.05, 0) is 19.3 Å². The van der Waals surface area contributed by atoms with Crippen molar-refractivity contribution >= 4 is 8.03 Å². The van der Waals surface area contributed by atoms with Crippen molar-refractivity contribution < 1.29 is 9.46 Å². The van der Waals surface area contributed by atoms with Gasteiger partial charge in [-0.2, -0.15) is 0 Å². The number of allylic oxidation sites excluding steroid dienone is 1. The smallest absolute Gasteiger partial charge is 0.196 e. The molecule has 0 bridgehead atoms. The van der Waals surface area contributed by atoms with E-state index < -0.39 is 8.03 Å². The molecule has 0 saturated carbocycles. The molecular weight excluding hydrogens is 185 g/mol. The van der Waals surface area contributed by atoms with Crippen LogP contribution in [0.15, 0.2) is 11.6 Å². The van der Waals surface area contributed by atoms with Gasteiger partial charge in [0.15, 0.2) is 8.03 Å². The SMILES string of the molecule is CCCC(C1=CC(N)CC1)[PH](=O)O. The van der Waals surface area contributed by atoms with Crippen molar-refractivity contribution in [2.45, 2.75) is 44.3 Å². The maximum absolute atomic E-state index is 11.1. The Morgan fingerprint density at radius 3 is 2.92 bits per heavy atom. The van der Waals surface area contributed by atoms with Gasteiger partial charge in [0.2, 0.25) is 0 Å². The second-order valence-corrected chi connectivity index (χ2v) is 5.00. The fourth-order valence-electron chi connectivity index (χ4n) is 1.82. The van der Waals surface area contributed by atoms with E-state index in [1.165, 1.54) is 0 Å². The lowest BCUT2D eigenvalue weighted by atomic mass is 10.1. The maximum Gasteiger partial charge on any atom is 0.196 e. The molecule has 0 aromatic rings. The summed E-state index contributed by atoms with van der Waals surface area (Å²) in [7, 11) is -2.42. The van der Waals surface area contributed by atoms with Gasteiger partial charge >= 0.3 is 0 Å². The van der Waals surface area contributed by atoms with Crippen LogP contribution in [0.1, 0.15) is 32.6 Å². The predicted molar refractivity (Wildman–Crippen MR) is 55.2 cm³/mol. The van der Waals surface area contributed by atoms with Crippen LogP contribution in [0, 0.1) is 0 Å². The summed E-state index contributed by atoms with van der Waals surface area (Å²) in [6, 6.07) is 0.107. The minimum Gasteiger partial charge on any atom is -0.346 e. The van der Waals surface area contributed by atoms with E-state index >= 15 is 0 Å². The van der Waals surface area contributed by atoms with E-state index in [0.717, 1.165) is 31.3 Å². The lowest BCUT2D eigenvalue weighted by molar-refractivity contribution is 0.488. The highest BCUT2D eigenvalue weighted by Gasteiger charge is 2.23. The summed E-state index contributed by atoms with van der Waals surface area (Å²) in [6.45, 7) is 2.03. The second-order valence-electron chi connectivity index (χ2n) is 3.62. The number of rotatable bonds is 4. The fourth-order valence-corrected chi connectivity index (χ4v) is 2.91. The van der Waals surface area contributed by atoms with E-state index in [0.29, 0.717) is 0 Å². The van der Waals surface area contributed by atoms with E-state index in [-0.39, 0.29) is 11.7 Å². The summed E-state index contributed by atoms with van der Waals surface area (Å²) >= 11 is 0. The molecule has 3 nitrogen and oxygen atoms in total. The summed E-state index contributed by atoms with van der Waals surface area (Å²) in [5.74, 6) is 0. The monoisotopic (exact) mass is 203 g/mol. The average molecular weight is 203 g/mol. The first-order valence-corrected chi connectivity index (χ1v) is 6.27. The lowest BCUT2D eigenvalue weighted by Crippen LogP contribution is -2.12. The third kappa shape index (κ3) is 2.94. The molecule has 3 atom stereocenters. The average Bonchev–Trinajstić information content (AvgIpc) is 2.46. The molecule has 0 aromatic carbocycles. The van der Waals surface area contributed by atoms with Crippen LogP contribution >= 0.6 is 8.03 Å². The molecule has 0 aliphatic heterocycles. The molecular formula is C9H18NO2P. The summed E-state index contributed by atoms with van der Waals surface area (Å²) in [6.07, 6.45) is 5.58. The van der Waals surface area contributed by atoms with Crippen LogP contribution in [0.5, 0.6) is 0 Å². The highest BCUT2D eigenvalue weighted by molar-refractivity contribution is 7.39. The molecule has 3 N–H and O–H groups in total. The Morgan fingerprint density at radius 2 is 2.54 bits per heavy atom. The van der Waals surface area contributed by atoms with Crippen LogP contribution in [0.3, 0.4) is 0 Å². The van der Waals surface area contributed by atoms with Crippen LogP contribution in [0.4, 0.5) is 0 Å². The van der Waals surface area contributed by atoms with Gasteiger partial charge in [0.1, 0.15) is 0 Å². The largest absolute Gasteiger partial charge is 0.346 e. The van der Waals surface area contributed by atoms with E-state index in [1.54, 1.807) is 0 Å². The van der Waals surface area contributed by atoms with E-state index in [2.05, 4.69) is 0 Å². The molecule has 76 valence electrons. The number of hydrogen-bond acceptors (Lipinski definition) is 2. The topological polar surface area (TPSA) is 63.3 Å². The Morgan fingerprint density at radius 1 is 1.85 bits per heavy atom. The zero-order chi connectivity index (χ0) is 9.84. The lowest BCUT2D eigenvalue weighted by Gasteiger charge is -2.13. The summed E-state index contributed by atoms with van der Waals surface area (Å²) in [4.78, 5) is 9.15. The number of hydrogen-bond donors (Lipinski definition) is 2. The summed E-state index contributed by atoms with van der Waals surface area (Å²) < 4.78 is 11.1. The molecule has 0 saturated heterocycles. The van der Waals surface area contributed by atoms with Crippen molar-refractivity contribution in [1.82, 2.24) is 0 Å². The molecule has 0 fully saturated rings. The van der Waals surface area contributed by atoms with E-state index in [9.17, 15) is 4.57 Å². The predicted octanol–water partition coefficient (Wildman–Crippen LogP) is 1.67. The second kappa shape index (κ2) is 4.94. The van der Waals surface area contributed by atoms with Crippen molar-refractivity contribution in [2.24, 2.45) is 5.73 Å². The highest BCUT2D eigenvalue weighted by atomic mass is 31.1. The first-order valence-electron chi connectivity index (χ1n) is 4.84. The normalized spacial score (nSPS) is 27.0. The van der Waals surface area contributed by atoms with Gasteiger partial charge in [0.25, 0.3) is 0 Å². The first kappa shape index (κ1) is 11.0. The van der Waals surface area contributed by atoms with Crippen molar-refractivity contribution in [3.63, 3.8) is 0 Å². The zero-order valence-electron chi connectivity index (χ0n) is 7.99. The Hall–Kier alpha value is -0.110.